The summed E-state index contributed by atoms with van der Waals surface area (Å²) in [6.07, 6.45) is -2.80. The van der Waals surface area contributed by atoms with Crippen LogP contribution >= 0.6 is 11.6 Å². The smallest absolute Gasteiger partial charge is 0.491 e. The summed E-state index contributed by atoms with van der Waals surface area (Å²) in [4.78, 5) is 13.6. The van der Waals surface area contributed by atoms with Gasteiger partial charge in [-0.2, -0.15) is 13.2 Å². The molecule has 12 heteroatoms. The van der Waals surface area contributed by atoms with Crippen LogP contribution in [0, 0.1) is 6.92 Å². The van der Waals surface area contributed by atoms with Crippen LogP contribution in [0.15, 0.2) is 71.6 Å². The van der Waals surface area contributed by atoms with Crippen molar-refractivity contribution < 1.29 is 35.9 Å². The maximum Gasteiger partial charge on any atom is 0.491 e. The number of hydrogen-bond acceptors (Lipinski definition) is 6. The minimum atomic E-state index is -5.17. The first-order valence-corrected chi connectivity index (χ1v) is 14.4. The molecule has 214 valence electrons. The standard InChI is InChI=1S/C28H28ClF3N2O5S/c1-20-5-4-6-25(17-20)40(36,37)34(19-21-7-10-24(18-26(21)29)39-27(35)28(30,31)32)22-8-11-23(12-9-22)38-16-15-33-13-2-3-14-33/h4-12,17-18H,2-3,13-16,19H2,1H3. The average Bonchev–Trinajstić information content (AvgIpc) is 3.42. The molecule has 40 heavy (non-hydrogen) atoms. The number of rotatable bonds is 10. The van der Waals surface area contributed by atoms with E-state index in [9.17, 15) is 26.4 Å². The van der Waals surface area contributed by atoms with Gasteiger partial charge in [0.25, 0.3) is 10.0 Å². The predicted octanol–water partition coefficient (Wildman–Crippen LogP) is 5.99. The summed E-state index contributed by atoms with van der Waals surface area (Å²) >= 11 is 6.30. The summed E-state index contributed by atoms with van der Waals surface area (Å²) < 4.78 is 76.6. The van der Waals surface area contributed by atoms with Gasteiger partial charge in [0.05, 0.1) is 17.1 Å². The van der Waals surface area contributed by atoms with E-state index in [0.29, 0.717) is 18.0 Å². The summed E-state index contributed by atoms with van der Waals surface area (Å²) in [6.45, 7) is 4.96. The molecule has 3 aromatic carbocycles. The molecule has 1 fully saturated rings. The predicted molar refractivity (Wildman–Crippen MR) is 145 cm³/mol. The lowest BCUT2D eigenvalue weighted by Gasteiger charge is -2.26. The SMILES string of the molecule is Cc1cccc(S(=O)(=O)N(Cc2ccc(OC(=O)C(F)(F)F)cc2Cl)c2ccc(OCCN3CCCC3)cc2)c1. The van der Waals surface area contributed by atoms with E-state index in [4.69, 9.17) is 16.3 Å². The highest BCUT2D eigenvalue weighted by molar-refractivity contribution is 7.92. The van der Waals surface area contributed by atoms with Crippen LogP contribution in [0.25, 0.3) is 0 Å². The monoisotopic (exact) mass is 596 g/mol. The van der Waals surface area contributed by atoms with Crippen molar-refractivity contribution in [3.8, 4) is 11.5 Å². The number of benzene rings is 3. The molecule has 0 unspecified atom stereocenters. The number of carbonyl (C=O) groups excluding carboxylic acids is 1. The molecule has 0 saturated carbocycles. The number of carbonyl (C=O) groups is 1. The maximum atomic E-state index is 13.8. The van der Waals surface area contributed by atoms with Crippen molar-refractivity contribution >= 4 is 33.3 Å². The van der Waals surface area contributed by atoms with Gasteiger partial charge in [0.2, 0.25) is 0 Å². The van der Waals surface area contributed by atoms with Crippen LogP contribution < -0.4 is 13.8 Å². The molecule has 0 amide bonds. The summed E-state index contributed by atoms with van der Waals surface area (Å²) in [6, 6.07) is 16.5. The molecule has 1 aliphatic rings. The van der Waals surface area contributed by atoms with Crippen molar-refractivity contribution in [2.75, 3.05) is 30.5 Å². The molecule has 0 aromatic heterocycles. The number of hydrogen-bond donors (Lipinski definition) is 0. The van der Waals surface area contributed by atoms with E-state index in [-0.39, 0.29) is 22.0 Å². The third kappa shape index (κ3) is 7.47. The van der Waals surface area contributed by atoms with E-state index < -0.39 is 27.9 Å². The largest absolute Gasteiger partial charge is 0.492 e. The van der Waals surface area contributed by atoms with Crippen LogP contribution in [0.4, 0.5) is 18.9 Å². The highest BCUT2D eigenvalue weighted by Crippen LogP contribution is 2.32. The molecule has 1 saturated heterocycles. The fraction of sp³-hybridized carbons (Fsp3) is 0.321. The molecule has 0 bridgehead atoms. The van der Waals surface area contributed by atoms with Crippen molar-refractivity contribution in [3.05, 3.63) is 82.9 Å². The fourth-order valence-electron chi connectivity index (χ4n) is 4.26. The quantitative estimate of drug-likeness (QED) is 0.212. The summed E-state index contributed by atoms with van der Waals surface area (Å²) in [5.41, 5.74) is 1.37. The Balaban J connectivity index is 1.58. The van der Waals surface area contributed by atoms with Gasteiger partial charge in [0, 0.05) is 11.6 Å². The van der Waals surface area contributed by atoms with Crippen molar-refractivity contribution in [2.24, 2.45) is 0 Å². The number of likely N-dealkylation sites (tertiary alicyclic amines) is 1. The summed E-state index contributed by atoms with van der Waals surface area (Å²) in [7, 11) is -4.09. The Morgan fingerprint density at radius 3 is 2.30 bits per heavy atom. The zero-order valence-electron chi connectivity index (χ0n) is 21.7. The molecule has 1 heterocycles. The highest BCUT2D eigenvalue weighted by Gasteiger charge is 2.41. The van der Waals surface area contributed by atoms with Gasteiger partial charge in [-0.3, -0.25) is 9.21 Å². The second-order valence-corrected chi connectivity index (χ2v) is 11.6. The van der Waals surface area contributed by atoms with Crippen LogP contribution in [0.3, 0.4) is 0 Å². The summed E-state index contributed by atoms with van der Waals surface area (Å²) in [5, 5.41) is -0.0706. The van der Waals surface area contributed by atoms with Crippen LogP contribution in [0.1, 0.15) is 24.0 Å². The van der Waals surface area contributed by atoms with Gasteiger partial charge in [-0.15, -0.1) is 0 Å². The Hall–Kier alpha value is -3.28. The number of sulfonamides is 1. The zero-order chi connectivity index (χ0) is 28.9. The third-order valence-electron chi connectivity index (χ3n) is 6.36. The number of alkyl halides is 3. The zero-order valence-corrected chi connectivity index (χ0v) is 23.2. The second kappa shape index (κ2) is 12.5. The van der Waals surface area contributed by atoms with Crippen LogP contribution in [-0.4, -0.2) is 51.7 Å². The molecule has 7 nitrogen and oxygen atoms in total. The van der Waals surface area contributed by atoms with Crippen molar-refractivity contribution in [1.82, 2.24) is 4.90 Å². The van der Waals surface area contributed by atoms with Crippen LogP contribution in [0.5, 0.6) is 11.5 Å². The van der Waals surface area contributed by atoms with Gasteiger partial charge < -0.3 is 9.47 Å². The molecule has 0 spiro atoms. The number of halogens is 4. The van der Waals surface area contributed by atoms with E-state index in [1.807, 2.05) is 0 Å². The first-order valence-electron chi connectivity index (χ1n) is 12.6. The average molecular weight is 597 g/mol. The third-order valence-corrected chi connectivity index (χ3v) is 8.48. The van der Waals surface area contributed by atoms with Gasteiger partial charge in [-0.1, -0.05) is 29.8 Å². The molecule has 0 radical (unpaired) electrons. The lowest BCUT2D eigenvalue weighted by Crippen LogP contribution is -2.31. The molecule has 0 aliphatic carbocycles. The van der Waals surface area contributed by atoms with E-state index in [1.54, 1.807) is 49.4 Å². The van der Waals surface area contributed by atoms with Gasteiger partial charge in [0.1, 0.15) is 18.1 Å². The van der Waals surface area contributed by atoms with E-state index in [1.165, 1.54) is 25.0 Å². The van der Waals surface area contributed by atoms with Gasteiger partial charge in [-0.25, -0.2) is 13.2 Å². The fourth-order valence-corrected chi connectivity index (χ4v) is 6.04. The van der Waals surface area contributed by atoms with E-state index in [2.05, 4.69) is 9.64 Å². The van der Waals surface area contributed by atoms with E-state index in [0.717, 1.165) is 41.6 Å². The maximum absolute atomic E-state index is 13.8. The molecule has 3 aromatic rings. The van der Waals surface area contributed by atoms with E-state index >= 15 is 0 Å². The minimum Gasteiger partial charge on any atom is -0.492 e. The van der Waals surface area contributed by atoms with Crippen LogP contribution in [-0.2, 0) is 21.4 Å². The molecular formula is C28H28ClF3N2O5S. The van der Waals surface area contributed by atoms with Gasteiger partial charge in [-0.05, 0) is 92.5 Å². The lowest BCUT2D eigenvalue weighted by atomic mass is 10.2. The van der Waals surface area contributed by atoms with Crippen molar-refractivity contribution in [3.63, 3.8) is 0 Å². The molecule has 0 N–H and O–H groups in total. The van der Waals surface area contributed by atoms with Gasteiger partial charge >= 0.3 is 12.1 Å². The van der Waals surface area contributed by atoms with Crippen molar-refractivity contribution in [2.45, 2.75) is 37.4 Å². The Kier molecular flexibility index (Phi) is 9.27. The number of ether oxygens (including phenoxy) is 2. The molecule has 0 atom stereocenters. The normalized spacial score (nSPS) is 14.2. The Morgan fingerprint density at radius 2 is 1.68 bits per heavy atom. The topological polar surface area (TPSA) is 76.1 Å². The minimum absolute atomic E-state index is 0.0605. The molecule has 1 aliphatic heterocycles. The first-order chi connectivity index (χ1) is 18.9. The highest BCUT2D eigenvalue weighted by atomic mass is 35.5. The second-order valence-electron chi connectivity index (χ2n) is 9.36. The van der Waals surface area contributed by atoms with Gasteiger partial charge in [0.15, 0.2) is 0 Å². The Bertz CT molecular complexity index is 1440. The number of esters is 1. The number of nitrogens with zero attached hydrogens (tertiary/aromatic N) is 2. The Labute approximate surface area is 236 Å². The number of anilines is 1. The summed E-state index contributed by atoms with van der Waals surface area (Å²) in [5.74, 6) is -2.22. The lowest BCUT2D eigenvalue weighted by molar-refractivity contribution is -0.189. The van der Waals surface area contributed by atoms with Crippen molar-refractivity contribution in [1.29, 1.82) is 0 Å². The van der Waals surface area contributed by atoms with Crippen LogP contribution in [0.2, 0.25) is 5.02 Å². The Morgan fingerprint density at radius 1 is 1.00 bits per heavy atom. The first kappa shape index (κ1) is 29.7. The molecular weight excluding hydrogens is 569 g/mol. The number of aryl methyl sites for hydroxylation is 1. The molecule has 4 rings (SSSR count).